The van der Waals surface area contributed by atoms with Crippen LogP contribution in [0.5, 0.6) is 0 Å². The highest BCUT2D eigenvalue weighted by Crippen LogP contribution is 2.21. The first kappa shape index (κ1) is 16.3. The van der Waals surface area contributed by atoms with E-state index in [1.165, 1.54) is 6.26 Å². The van der Waals surface area contributed by atoms with Crippen molar-refractivity contribution in [1.82, 2.24) is 10.2 Å². The van der Waals surface area contributed by atoms with E-state index in [2.05, 4.69) is 5.32 Å². The minimum Gasteiger partial charge on any atom is -0.340 e. The van der Waals surface area contributed by atoms with Crippen molar-refractivity contribution < 1.29 is 13.2 Å². The summed E-state index contributed by atoms with van der Waals surface area (Å²) in [6.07, 6.45) is 1.71. The van der Waals surface area contributed by atoms with E-state index >= 15 is 0 Å². The molecule has 1 aromatic rings. The number of piperazine rings is 1. The summed E-state index contributed by atoms with van der Waals surface area (Å²) in [6.45, 7) is 3.30. The molecule has 1 saturated heterocycles. The topological polar surface area (TPSA) is 66.5 Å². The average Bonchev–Trinajstić information content (AvgIpc) is 2.47. The van der Waals surface area contributed by atoms with Crippen molar-refractivity contribution in [3.63, 3.8) is 0 Å². The Bertz CT molecular complexity index is 579. The third kappa shape index (κ3) is 5.01. The van der Waals surface area contributed by atoms with Crippen molar-refractivity contribution in [1.29, 1.82) is 0 Å². The van der Waals surface area contributed by atoms with Crippen molar-refractivity contribution in [3.8, 4) is 0 Å². The number of carbonyl (C=O) groups excluding carboxylic acids is 1. The Morgan fingerprint density at radius 1 is 1.24 bits per heavy atom. The molecular weight excluding hydrogens is 308 g/mol. The van der Waals surface area contributed by atoms with E-state index < -0.39 is 9.84 Å². The van der Waals surface area contributed by atoms with Gasteiger partial charge in [0, 0.05) is 49.5 Å². The molecule has 1 heterocycles. The lowest BCUT2D eigenvalue weighted by molar-refractivity contribution is -0.131. The van der Waals surface area contributed by atoms with Gasteiger partial charge in [-0.05, 0) is 24.3 Å². The first-order chi connectivity index (χ1) is 9.97. The van der Waals surface area contributed by atoms with Gasteiger partial charge in [0.25, 0.3) is 0 Å². The van der Waals surface area contributed by atoms with Gasteiger partial charge in [-0.1, -0.05) is 0 Å². The van der Waals surface area contributed by atoms with Gasteiger partial charge in [-0.2, -0.15) is 0 Å². The van der Waals surface area contributed by atoms with E-state index in [0.717, 1.165) is 31.1 Å². The second-order valence-corrected chi connectivity index (χ2v) is 8.16. The van der Waals surface area contributed by atoms with Gasteiger partial charge >= 0.3 is 0 Å². The fourth-order valence-corrected chi connectivity index (χ4v) is 3.58. The second-order valence-electron chi connectivity index (χ2n) is 4.97. The largest absolute Gasteiger partial charge is 0.340 e. The normalized spacial score (nSPS) is 16.0. The van der Waals surface area contributed by atoms with Gasteiger partial charge < -0.3 is 10.2 Å². The Morgan fingerprint density at radius 2 is 1.86 bits per heavy atom. The fraction of sp³-hybridized carbons (Fsp3) is 0.500. The zero-order chi connectivity index (χ0) is 15.3. The van der Waals surface area contributed by atoms with Crippen molar-refractivity contribution in [2.75, 3.05) is 38.2 Å². The lowest BCUT2D eigenvalue weighted by Crippen LogP contribution is -2.46. The van der Waals surface area contributed by atoms with Crippen LogP contribution in [0.15, 0.2) is 34.1 Å². The number of nitrogens with one attached hydrogen (secondary N) is 1. The van der Waals surface area contributed by atoms with Gasteiger partial charge in [0.2, 0.25) is 5.91 Å². The molecular formula is C14H20N2O3S2. The number of thioether (sulfide) groups is 1. The van der Waals surface area contributed by atoms with Gasteiger partial charge in [-0.25, -0.2) is 8.42 Å². The van der Waals surface area contributed by atoms with Gasteiger partial charge in [0.15, 0.2) is 9.84 Å². The predicted octanol–water partition coefficient (Wildman–Crippen LogP) is 1.00. The maximum atomic E-state index is 12.0. The van der Waals surface area contributed by atoms with Crippen molar-refractivity contribution >= 4 is 27.5 Å². The highest BCUT2D eigenvalue weighted by atomic mass is 32.2. The third-order valence-electron chi connectivity index (χ3n) is 3.31. The van der Waals surface area contributed by atoms with Gasteiger partial charge in [-0.15, -0.1) is 11.8 Å². The quantitative estimate of drug-likeness (QED) is 0.817. The first-order valence-corrected chi connectivity index (χ1v) is 9.76. The molecule has 0 radical (unpaired) electrons. The Balaban J connectivity index is 1.79. The van der Waals surface area contributed by atoms with Crippen LogP contribution in [0.3, 0.4) is 0 Å². The van der Waals surface area contributed by atoms with E-state index in [1.54, 1.807) is 36.0 Å². The van der Waals surface area contributed by atoms with Crippen molar-refractivity contribution in [2.45, 2.75) is 16.2 Å². The number of nitrogens with zero attached hydrogens (tertiary/aromatic N) is 1. The van der Waals surface area contributed by atoms with Crippen LogP contribution < -0.4 is 5.32 Å². The molecule has 7 heteroatoms. The number of hydrogen-bond donors (Lipinski definition) is 1. The number of amides is 1. The van der Waals surface area contributed by atoms with Crippen LogP contribution in [-0.4, -0.2) is 57.4 Å². The van der Waals surface area contributed by atoms with Crippen LogP contribution in [0, 0.1) is 0 Å². The maximum Gasteiger partial charge on any atom is 0.223 e. The van der Waals surface area contributed by atoms with Crippen molar-refractivity contribution in [3.05, 3.63) is 24.3 Å². The zero-order valence-electron chi connectivity index (χ0n) is 12.0. The van der Waals surface area contributed by atoms with Crippen LogP contribution in [0.2, 0.25) is 0 Å². The summed E-state index contributed by atoms with van der Waals surface area (Å²) in [5, 5.41) is 3.22. The number of rotatable bonds is 5. The molecule has 116 valence electrons. The van der Waals surface area contributed by atoms with E-state index in [4.69, 9.17) is 0 Å². The van der Waals surface area contributed by atoms with Gasteiger partial charge in [-0.3, -0.25) is 4.79 Å². The molecule has 5 nitrogen and oxygen atoms in total. The summed E-state index contributed by atoms with van der Waals surface area (Å²) >= 11 is 1.57. The van der Waals surface area contributed by atoms with Crippen LogP contribution in [0.1, 0.15) is 6.42 Å². The summed E-state index contributed by atoms with van der Waals surface area (Å²) < 4.78 is 22.7. The first-order valence-electron chi connectivity index (χ1n) is 6.88. The van der Waals surface area contributed by atoms with E-state index in [0.29, 0.717) is 17.1 Å². The highest BCUT2D eigenvalue weighted by molar-refractivity contribution is 7.99. The molecule has 0 saturated carbocycles. The monoisotopic (exact) mass is 328 g/mol. The predicted molar refractivity (Wildman–Crippen MR) is 84.3 cm³/mol. The van der Waals surface area contributed by atoms with E-state index in [9.17, 15) is 13.2 Å². The number of hydrogen-bond acceptors (Lipinski definition) is 5. The summed E-state index contributed by atoms with van der Waals surface area (Å²) in [5.74, 6) is 0.901. The Hall–Kier alpha value is -1.05. The molecule has 0 bridgehead atoms. The maximum absolute atomic E-state index is 12.0. The SMILES string of the molecule is CS(=O)(=O)c1ccc(SCCC(=O)N2CCNCC2)cc1. The molecule has 1 aromatic carbocycles. The molecule has 0 atom stereocenters. The molecule has 1 amide bonds. The molecule has 1 aliphatic rings. The lowest BCUT2D eigenvalue weighted by Gasteiger charge is -2.27. The van der Waals surface area contributed by atoms with Crippen LogP contribution in [-0.2, 0) is 14.6 Å². The fourth-order valence-electron chi connectivity index (χ4n) is 2.11. The second kappa shape index (κ2) is 7.29. The molecule has 1 N–H and O–H groups in total. The Labute approximate surface area is 130 Å². The van der Waals surface area contributed by atoms with E-state index in [-0.39, 0.29) is 5.91 Å². The standard InChI is InChI=1S/C14H20N2O3S2/c1-21(18,19)13-4-2-12(3-5-13)20-11-6-14(17)16-9-7-15-8-10-16/h2-5,15H,6-11H2,1H3. The number of benzene rings is 1. The molecule has 0 unspecified atom stereocenters. The molecule has 0 aromatic heterocycles. The Kier molecular flexibility index (Phi) is 5.66. The smallest absolute Gasteiger partial charge is 0.223 e. The van der Waals surface area contributed by atoms with Gasteiger partial charge in [0.1, 0.15) is 0 Å². The third-order valence-corrected chi connectivity index (χ3v) is 5.45. The summed E-state index contributed by atoms with van der Waals surface area (Å²) in [4.78, 5) is 15.2. The number of carbonyl (C=O) groups is 1. The minimum atomic E-state index is -3.14. The average molecular weight is 328 g/mol. The molecule has 1 fully saturated rings. The zero-order valence-corrected chi connectivity index (χ0v) is 13.7. The Morgan fingerprint density at radius 3 is 2.43 bits per heavy atom. The molecule has 0 aliphatic carbocycles. The molecule has 21 heavy (non-hydrogen) atoms. The van der Waals surface area contributed by atoms with Crippen LogP contribution in [0.4, 0.5) is 0 Å². The lowest BCUT2D eigenvalue weighted by atomic mass is 10.3. The molecule has 2 rings (SSSR count). The summed E-state index contributed by atoms with van der Waals surface area (Å²) in [7, 11) is -3.14. The van der Waals surface area contributed by atoms with Gasteiger partial charge in [0.05, 0.1) is 4.90 Å². The summed E-state index contributed by atoms with van der Waals surface area (Å²) in [5.41, 5.74) is 0. The summed E-state index contributed by atoms with van der Waals surface area (Å²) in [6, 6.07) is 6.79. The van der Waals surface area contributed by atoms with Crippen molar-refractivity contribution in [2.24, 2.45) is 0 Å². The molecule has 1 aliphatic heterocycles. The van der Waals surface area contributed by atoms with Crippen LogP contribution >= 0.6 is 11.8 Å². The number of sulfone groups is 1. The minimum absolute atomic E-state index is 0.191. The van der Waals surface area contributed by atoms with E-state index in [1.807, 2.05) is 4.90 Å². The highest BCUT2D eigenvalue weighted by Gasteiger charge is 2.15. The molecule has 0 spiro atoms. The van der Waals surface area contributed by atoms with Crippen LogP contribution in [0.25, 0.3) is 0 Å².